The minimum absolute atomic E-state index is 0.0267. The summed E-state index contributed by atoms with van der Waals surface area (Å²) in [5.41, 5.74) is 2.12. The molecule has 0 bridgehead atoms. The fraction of sp³-hybridized carbons (Fsp3) is 0.364. The highest BCUT2D eigenvalue weighted by Gasteiger charge is 2.15. The highest BCUT2D eigenvalue weighted by atomic mass is 79.9. The maximum Gasteiger partial charge on any atom is 0.176 e. The number of likely N-dealkylation sites (N-methyl/N-ethyl adjacent to an activating group) is 1. The van der Waals surface area contributed by atoms with E-state index in [2.05, 4.69) is 21.2 Å². The Morgan fingerprint density at radius 3 is 2.67 bits per heavy atom. The molecule has 2 N–H and O–H groups in total. The van der Waals surface area contributed by atoms with Gasteiger partial charge in [-0.1, -0.05) is 0 Å². The number of nitrogens with one attached hydrogen (secondary N) is 1. The lowest BCUT2D eigenvalue weighted by Gasteiger charge is -2.10. The SMILES string of the molecule is CNCC(=O)c1cc(C)c(O)c(Br)c1C. The van der Waals surface area contributed by atoms with E-state index in [0.717, 1.165) is 5.56 Å². The third kappa shape index (κ3) is 2.38. The fourth-order valence-corrected chi connectivity index (χ4v) is 1.93. The van der Waals surface area contributed by atoms with Crippen LogP contribution in [0.1, 0.15) is 21.5 Å². The standard InChI is InChI=1S/C11H14BrNO2/c1-6-4-8(9(14)5-13-3)7(2)10(12)11(6)15/h4,13,15H,5H2,1-3H3. The molecule has 1 aromatic rings. The van der Waals surface area contributed by atoms with E-state index in [0.29, 0.717) is 22.1 Å². The van der Waals surface area contributed by atoms with E-state index >= 15 is 0 Å². The number of halogens is 1. The van der Waals surface area contributed by atoms with Crippen LogP contribution in [0.5, 0.6) is 5.75 Å². The van der Waals surface area contributed by atoms with E-state index in [1.807, 2.05) is 6.92 Å². The number of hydrogen-bond donors (Lipinski definition) is 2. The number of ketones is 1. The van der Waals surface area contributed by atoms with E-state index in [1.54, 1.807) is 20.0 Å². The van der Waals surface area contributed by atoms with Gasteiger partial charge in [0.2, 0.25) is 0 Å². The predicted octanol–water partition coefficient (Wildman–Crippen LogP) is 2.17. The summed E-state index contributed by atoms with van der Waals surface area (Å²) in [6.07, 6.45) is 0. The smallest absolute Gasteiger partial charge is 0.176 e. The number of aryl methyl sites for hydroxylation is 1. The van der Waals surface area contributed by atoms with E-state index in [-0.39, 0.29) is 11.5 Å². The van der Waals surface area contributed by atoms with Gasteiger partial charge in [0.05, 0.1) is 11.0 Å². The first-order valence-electron chi connectivity index (χ1n) is 4.65. The number of phenols is 1. The van der Waals surface area contributed by atoms with Gasteiger partial charge in [-0.3, -0.25) is 4.79 Å². The lowest BCUT2D eigenvalue weighted by molar-refractivity contribution is 0.0993. The van der Waals surface area contributed by atoms with Crippen LogP contribution in [0.15, 0.2) is 10.5 Å². The van der Waals surface area contributed by atoms with Gasteiger partial charge in [0.25, 0.3) is 0 Å². The Hall–Kier alpha value is -0.870. The molecule has 82 valence electrons. The van der Waals surface area contributed by atoms with Crippen molar-refractivity contribution in [1.29, 1.82) is 0 Å². The zero-order valence-electron chi connectivity index (χ0n) is 9.02. The molecule has 0 amide bonds. The summed E-state index contributed by atoms with van der Waals surface area (Å²) in [7, 11) is 1.73. The van der Waals surface area contributed by atoms with Crippen LogP contribution in [-0.2, 0) is 0 Å². The number of Topliss-reactive ketones (excluding diaryl/α,β-unsaturated/α-hetero) is 1. The summed E-state index contributed by atoms with van der Waals surface area (Å²) >= 11 is 3.28. The second-order valence-corrected chi connectivity index (χ2v) is 4.28. The summed E-state index contributed by atoms with van der Waals surface area (Å²) in [5.74, 6) is 0.229. The average Bonchev–Trinajstić information content (AvgIpc) is 2.20. The molecule has 0 aliphatic rings. The second-order valence-electron chi connectivity index (χ2n) is 3.48. The Bertz CT molecular complexity index is 402. The van der Waals surface area contributed by atoms with Gasteiger partial charge in [0, 0.05) is 5.56 Å². The van der Waals surface area contributed by atoms with Crippen molar-refractivity contribution < 1.29 is 9.90 Å². The Morgan fingerprint density at radius 1 is 1.53 bits per heavy atom. The first-order valence-corrected chi connectivity index (χ1v) is 5.44. The van der Waals surface area contributed by atoms with Crippen LogP contribution in [0.3, 0.4) is 0 Å². The van der Waals surface area contributed by atoms with Crippen molar-refractivity contribution in [1.82, 2.24) is 5.32 Å². The quantitative estimate of drug-likeness (QED) is 0.829. The lowest BCUT2D eigenvalue weighted by atomic mass is 10.0. The third-order valence-corrected chi connectivity index (χ3v) is 3.28. The molecule has 0 fully saturated rings. The van der Waals surface area contributed by atoms with Gasteiger partial charge in [-0.05, 0) is 54.0 Å². The van der Waals surface area contributed by atoms with Crippen LogP contribution >= 0.6 is 15.9 Å². The Balaban J connectivity index is 3.26. The molecular formula is C11H14BrNO2. The lowest BCUT2D eigenvalue weighted by Crippen LogP contribution is -2.19. The van der Waals surface area contributed by atoms with E-state index in [9.17, 15) is 9.90 Å². The van der Waals surface area contributed by atoms with Crippen molar-refractivity contribution in [3.05, 3.63) is 27.2 Å². The van der Waals surface area contributed by atoms with E-state index in [4.69, 9.17) is 0 Å². The predicted molar refractivity (Wildman–Crippen MR) is 63.5 cm³/mol. The molecule has 3 nitrogen and oxygen atoms in total. The van der Waals surface area contributed by atoms with Crippen LogP contribution in [0.2, 0.25) is 0 Å². The van der Waals surface area contributed by atoms with E-state index in [1.165, 1.54) is 0 Å². The van der Waals surface area contributed by atoms with Crippen LogP contribution in [0, 0.1) is 13.8 Å². The summed E-state index contributed by atoms with van der Waals surface area (Å²) in [6, 6.07) is 1.72. The normalized spacial score (nSPS) is 10.4. The molecule has 0 spiro atoms. The van der Waals surface area contributed by atoms with Gasteiger partial charge in [-0.15, -0.1) is 0 Å². The maximum absolute atomic E-state index is 11.7. The van der Waals surface area contributed by atoms with Gasteiger partial charge >= 0.3 is 0 Å². The molecular weight excluding hydrogens is 258 g/mol. The van der Waals surface area contributed by atoms with Crippen LogP contribution in [0.4, 0.5) is 0 Å². The van der Waals surface area contributed by atoms with Crippen molar-refractivity contribution >= 4 is 21.7 Å². The van der Waals surface area contributed by atoms with E-state index < -0.39 is 0 Å². The Labute approximate surface area is 97.6 Å². The molecule has 0 aliphatic carbocycles. The molecule has 0 heterocycles. The highest BCUT2D eigenvalue weighted by Crippen LogP contribution is 2.33. The molecule has 0 aliphatic heterocycles. The van der Waals surface area contributed by atoms with Crippen molar-refractivity contribution in [2.45, 2.75) is 13.8 Å². The number of phenolic OH excluding ortho intramolecular Hbond substituents is 1. The number of benzene rings is 1. The molecule has 15 heavy (non-hydrogen) atoms. The minimum Gasteiger partial charge on any atom is -0.506 e. The van der Waals surface area contributed by atoms with Crippen molar-refractivity contribution in [3.63, 3.8) is 0 Å². The summed E-state index contributed by atoms with van der Waals surface area (Å²) in [4.78, 5) is 11.7. The molecule has 0 unspecified atom stereocenters. The van der Waals surface area contributed by atoms with Gasteiger partial charge in [-0.25, -0.2) is 0 Å². The Kier molecular flexibility index (Phi) is 3.88. The molecule has 1 rings (SSSR count). The fourth-order valence-electron chi connectivity index (χ4n) is 1.41. The first-order chi connectivity index (χ1) is 6.99. The summed E-state index contributed by atoms with van der Waals surface area (Å²) < 4.78 is 0.599. The zero-order chi connectivity index (χ0) is 11.6. The van der Waals surface area contributed by atoms with Crippen molar-refractivity contribution in [2.75, 3.05) is 13.6 Å². The van der Waals surface area contributed by atoms with Gasteiger partial charge < -0.3 is 10.4 Å². The zero-order valence-corrected chi connectivity index (χ0v) is 10.6. The topological polar surface area (TPSA) is 49.3 Å². The first kappa shape index (κ1) is 12.2. The number of aromatic hydroxyl groups is 1. The molecule has 0 atom stereocenters. The number of hydrogen-bond acceptors (Lipinski definition) is 3. The number of carbonyl (C=O) groups excluding carboxylic acids is 1. The minimum atomic E-state index is 0.0267. The second kappa shape index (κ2) is 4.77. The molecule has 4 heteroatoms. The maximum atomic E-state index is 11.7. The average molecular weight is 272 g/mol. The van der Waals surface area contributed by atoms with Gasteiger partial charge in [0.1, 0.15) is 5.75 Å². The van der Waals surface area contributed by atoms with Gasteiger partial charge in [-0.2, -0.15) is 0 Å². The highest BCUT2D eigenvalue weighted by molar-refractivity contribution is 9.10. The van der Waals surface area contributed by atoms with Crippen molar-refractivity contribution in [3.8, 4) is 5.75 Å². The molecule has 1 aromatic carbocycles. The van der Waals surface area contributed by atoms with Gasteiger partial charge in [0.15, 0.2) is 5.78 Å². The number of carbonyl (C=O) groups is 1. The van der Waals surface area contributed by atoms with Crippen LogP contribution in [-0.4, -0.2) is 24.5 Å². The Morgan fingerprint density at radius 2 is 2.13 bits per heavy atom. The van der Waals surface area contributed by atoms with Crippen LogP contribution < -0.4 is 5.32 Å². The largest absolute Gasteiger partial charge is 0.506 e. The third-order valence-electron chi connectivity index (χ3n) is 2.31. The summed E-state index contributed by atoms with van der Waals surface area (Å²) in [6.45, 7) is 3.89. The molecule has 0 saturated heterocycles. The van der Waals surface area contributed by atoms with Crippen molar-refractivity contribution in [2.24, 2.45) is 0 Å². The molecule has 0 aromatic heterocycles. The van der Waals surface area contributed by atoms with Crippen LogP contribution in [0.25, 0.3) is 0 Å². The number of rotatable bonds is 3. The summed E-state index contributed by atoms with van der Waals surface area (Å²) in [5, 5.41) is 12.5. The molecule has 0 radical (unpaired) electrons. The monoisotopic (exact) mass is 271 g/mol. The molecule has 0 saturated carbocycles.